The van der Waals surface area contributed by atoms with E-state index < -0.39 is 0 Å². The van der Waals surface area contributed by atoms with Gasteiger partial charge in [-0.25, -0.2) is 0 Å². The van der Waals surface area contributed by atoms with Crippen molar-refractivity contribution in [1.82, 2.24) is 9.80 Å². The molecule has 1 aliphatic heterocycles. The van der Waals surface area contributed by atoms with Gasteiger partial charge in [0.05, 0.1) is 0 Å². The molecule has 4 heteroatoms. The predicted molar refractivity (Wildman–Crippen MR) is 66.5 cm³/mol. The van der Waals surface area contributed by atoms with Crippen molar-refractivity contribution in [3.8, 4) is 0 Å². The van der Waals surface area contributed by atoms with Crippen molar-refractivity contribution in [3.05, 3.63) is 0 Å². The Kier molecular flexibility index (Phi) is 2.67. The molecule has 0 bridgehead atoms. The van der Waals surface area contributed by atoms with Crippen LogP contribution in [-0.4, -0.2) is 53.5 Å². The minimum Gasteiger partial charge on any atom is -0.368 e. The lowest BCUT2D eigenvalue weighted by Crippen LogP contribution is -2.53. The monoisotopic (exact) mass is 237 g/mol. The molecule has 0 spiro atoms. The Bertz CT molecular complexity index is 315. The summed E-state index contributed by atoms with van der Waals surface area (Å²) in [7, 11) is 2.26. The van der Waals surface area contributed by atoms with Gasteiger partial charge in [0.25, 0.3) is 0 Å². The van der Waals surface area contributed by atoms with Crippen LogP contribution in [-0.2, 0) is 4.79 Å². The van der Waals surface area contributed by atoms with Crippen LogP contribution in [0.3, 0.4) is 0 Å². The lowest BCUT2D eigenvalue weighted by molar-refractivity contribution is -0.125. The molecule has 2 aliphatic carbocycles. The topological polar surface area (TPSA) is 49.6 Å². The van der Waals surface area contributed by atoms with Crippen molar-refractivity contribution in [3.63, 3.8) is 0 Å². The SMILES string of the molecule is CN(C1CC1)C1CCN(C2(C(N)=O)CC2)CC1. The van der Waals surface area contributed by atoms with E-state index in [-0.39, 0.29) is 11.4 Å². The molecule has 1 amide bonds. The number of nitrogens with zero attached hydrogens (tertiary/aromatic N) is 2. The van der Waals surface area contributed by atoms with Crippen molar-refractivity contribution in [2.24, 2.45) is 5.73 Å². The Balaban J connectivity index is 1.55. The first-order chi connectivity index (χ1) is 8.13. The highest BCUT2D eigenvalue weighted by Gasteiger charge is 2.54. The fraction of sp³-hybridized carbons (Fsp3) is 0.923. The molecule has 0 radical (unpaired) electrons. The summed E-state index contributed by atoms with van der Waals surface area (Å²) in [4.78, 5) is 16.4. The maximum absolute atomic E-state index is 11.5. The molecule has 96 valence electrons. The zero-order valence-corrected chi connectivity index (χ0v) is 10.7. The molecule has 2 saturated carbocycles. The van der Waals surface area contributed by atoms with Gasteiger partial charge in [0.2, 0.25) is 5.91 Å². The Morgan fingerprint density at radius 2 is 1.71 bits per heavy atom. The number of primary amides is 1. The smallest absolute Gasteiger partial charge is 0.237 e. The number of hydrogen-bond donors (Lipinski definition) is 1. The standard InChI is InChI=1S/C13H23N3O/c1-15(10-2-3-10)11-4-8-16(9-5-11)13(6-7-13)12(14)17/h10-11H,2-9H2,1H3,(H2,14,17). The van der Waals surface area contributed by atoms with Gasteiger partial charge in [-0.2, -0.15) is 0 Å². The minimum atomic E-state index is -0.247. The van der Waals surface area contributed by atoms with E-state index in [1.807, 2.05) is 0 Å². The number of carbonyl (C=O) groups excluding carboxylic acids is 1. The quantitative estimate of drug-likeness (QED) is 0.777. The molecule has 1 heterocycles. The van der Waals surface area contributed by atoms with Crippen LogP contribution in [0, 0.1) is 0 Å². The maximum Gasteiger partial charge on any atom is 0.237 e. The molecule has 0 aromatic heterocycles. The van der Waals surface area contributed by atoms with Crippen LogP contribution in [0.2, 0.25) is 0 Å². The number of amides is 1. The number of hydrogen-bond acceptors (Lipinski definition) is 3. The zero-order valence-electron chi connectivity index (χ0n) is 10.7. The van der Waals surface area contributed by atoms with E-state index >= 15 is 0 Å². The lowest BCUT2D eigenvalue weighted by atomic mass is 10.0. The van der Waals surface area contributed by atoms with Crippen LogP contribution in [0.5, 0.6) is 0 Å². The van der Waals surface area contributed by atoms with Gasteiger partial charge in [0, 0.05) is 25.2 Å². The average Bonchev–Trinajstić information content (AvgIpc) is 3.18. The van der Waals surface area contributed by atoms with Crippen LogP contribution in [0.4, 0.5) is 0 Å². The average molecular weight is 237 g/mol. The molecule has 4 nitrogen and oxygen atoms in total. The summed E-state index contributed by atoms with van der Waals surface area (Å²) in [5.74, 6) is -0.105. The molecule has 0 atom stereocenters. The van der Waals surface area contributed by atoms with Crippen molar-refractivity contribution in [1.29, 1.82) is 0 Å². The van der Waals surface area contributed by atoms with Gasteiger partial charge in [-0.05, 0) is 45.6 Å². The number of rotatable bonds is 4. The molecule has 2 N–H and O–H groups in total. The normalized spacial score (nSPS) is 29.5. The van der Waals surface area contributed by atoms with Crippen molar-refractivity contribution < 1.29 is 4.79 Å². The summed E-state index contributed by atoms with van der Waals surface area (Å²) in [5.41, 5.74) is 5.28. The maximum atomic E-state index is 11.5. The third-order valence-electron chi connectivity index (χ3n) is 4.95. The molecule has 3 rings (SSSR count). The first kappa shape index (κ1) is 11.5. The Morgan fingerprint density at radius 1 is 1.18 bits per heavy atom. The zero-order chi connectivity index (χ0) is 12.0. The fourth-order valence-electron chi connectivity index (χ4n) is 3.32. The first-order valence-electron chi connectivity index (χ1n) is 6.90. The highest BCUT2D eigenvalue weighted by atomic mass is 16.2. The summed E-state index contributed by atoms with van der Waals surface area (Å²) in [5, 5.41) is 0. The number of piperidine rings is 1. The molecule has 0 aromatic carbocycles. The van der Waals surface area contributed by atoms with Crippen LogP contribution in [0.25, 0.3) is 0 Å². The summed E-state index contributed by atoms with van der Waals surface area (Å²) in [6.45, 7) is 2.09. The van der Waals surface area contributed by atoms with Gasteiger partial charge in [-0.1, -0.05) is 0 Å². The first-order valence-corrected chi connectivity index (χ1v) is 6.90. The van der Waals surface area contributed by atoms with E-state index in [1.54, 1.807) is 0 Å². The highest BCUT2D eigenvalue weighted by molar-refractivity contribution is 5.87. The summed E-state index contributed by atoms with van der Waals surface area (Å²) in [6, 6.07) is 1.57. The van der Waals surface area contributed by atoms with Crippen molar-refractivity contribution in [2.75, 3.05) is 20.1 Å². The molecule has 3 fully saturated rings. The van der Waals surface area contributed by atoms with E-state index in [2.05, 4.69) is 16.8 Å². The molecular weight excluding hydrogens is 214 g/mol. The molecule has 3 aliphatic rings. The third-order valence-corrected chi connectivity index (χ3v) is 4.95. The van der Waals surface area contributed by atoms with E-state index in [0.717, 1.165) is 38.0 Å². The summed E-state index contributed by atoms with van der Waals surface area (Å²) >= 11 is 0. The van der Waals surface area contributed by atoms with E-state index in [1.165, 1.54) is 25.7 Å². The van der Waals surface area contributed by atoms with Crippen LogP contribution in [0.1, 0.15) is 38.5 Å². The molecular formula is C13H23N3O. The van der Waals surface area contributed by atoms with Crippen LogP contribution >= 0.6 is 0 Å². The number of nitrogens with two attached hydrogens (primary N) is 1. The van der Waals surface area contributed by atoms with Gasteiger partial charge in [0.1, 0.15) is 5.54 Å². The second-order valence-corrected chi connectivity index (χ2v) is 6.01. The second-order valence-electron chi connectivity index (χ2n) is 6.01. The number of likely N-dealkylation sites (tertiary alicyclic amines) is 1. The van der Waals surface area contributed by atoms with Crippen molar-refractivity contribution >= 4 is 5.91 Å². The second kappa shape index (κ2) is 3.95. The van der Waals surface area contributed by atoms with Crippen LogP contribution < -0.4 is 5.73 Å². The molecule has 1 saturated heterocycles. The highest BCUT2D eigenvalue weighted by Crippen LogP contribution is 2.43. The molecule has 17 heavy (non-hydrogen) atoms. The predicted octanol–water partition coefficient (Wildman–Crippen LogP) is 0.563. The van der Waals surface area contributed by atoms with E-state index in [9.17, 15) is 4.79 Å². The molecule has 0 aromatic rings. The van der Waals surface area contributed by atoms with Gasteiger partial charge in [-0.3, -0.25) is 9.69 Å². The van der Waals surface area contributed by atoms with Gasteiger partial charge < -0.3 is 10.6 Å². The van der Waals surface area contributed by atoms with Gasteiger partial charge in [-0.15, -0.1) is 0 Å². The lowest BCUT2D eigenvalue weighted by Gasteiger charge is -2.39. The Labute approximate surface area is 103 Å². The third kappa shape index (κ3) is 1.97. The van der Waals surface area contributed by atoms with Crippen molar-refractivity contribution in [2.45, 2.75) is 56.1 Å². The Morgan fingerprint density at radius 3 is 2.12 bits per heavy atom. The fourth-order valence-corrected chi connectivity index (χ4v) is 3.32. The van der Waals surface area contributed by atoms with Crippen LogP contribution in [0.15, 0.2) is 0 Å². The Hall–Kier alpha value is -0.610. The van der Waals surface area contributed by atoms with E-state index in [0.29, 0.717) is 0 Å². The minimum absolute atomic E-state index is 0.105. The number of carbonyl (C=O) groups is 1. The summed E-state index contributed by atoms with van der Waals surface area (Å²) < 4.78 is 0. The van der Waals surface area contributed by atoms with E-state index in [4.69, 9.17) is 5.73 Å². The molecule has 0 unspecified atom stereocenters. The van der Waals surface area contributed by atoms with Gasteiger partial charge in [0.15, 0.2) is 0 Å². The largest absolute Gasteiger partial charge is 0.368 e. The summed E-state index contributed by atoms with van der Waals surface area (Å²) in [6.07, 6.45) is 7.10. The van der Waals surface area contributed by atoms with Gasteiger partial charge >= 0.3 is 0 Å².